The molecule has 2 atom stereocenters. The normalized spacial score (nSPS) is 14.8. The fourth-order valence-electron chi connectivity index (χ4n) is 1.28. The summed E-state index contributed by atoms with van der Waals surface area (Å²) in [5.74, 6) is 0.249. The summed E-state index contributed by atoms with van der Waals surface area (Å²) in [4.78, 5) is 0. The smallest absolute Gasteiger partial charge is 0.106 e. The Morgan fingerprint density at radius 1 is 1.19 bits per heavy atom. The van der Waals surface area contributed by atoms with Crippen LogP contribution >= 0.6 is 34.8 Å². The molecule has 0 bridgehead atoms. The van der Waals surface area contributed by atoms with Crippen LogP contribution in [-0.2, 0) is 0 Å². The standard InChI is InChI=1S/C10H12Cl3NO2/c11-2-1-9(15)10(16)5-3-7(13)8(14)4-6(5)12/h3-4,9-10,15-16H,1-2,14H2. The predicted octanol–water partition coefficient (Wildman–Crippen LogP) is 2.60. The van der Waals surface area contributed by atoms with Crippen molar-refractivity contribution >= 4 is 40.5 Å². The van der Waals surface area contributed by atoms with Crippen LogP contribution in [0.5, 0.6) is 0 Å². The minimum absolute atomic E-state index is 0.249. The highest BCUT2D eigenvalue weighted by molar-refractivity contribution is 6.35. The Balaban J connectivity index is 2.99. The third-order valence-electron chi connectivity index (χ3n) is 2.20. The number of anilines is 1. The molecule has 90 valence electrons. The molecule has 0 radical (unpaired) electrons. The van der Waals surface area contributed by atoms with Gasteiger partial charge in [0.1, 0.15) is 6.10 Å². The molecule has 0 heterocycles. The Morgan fingerprint density at radius 3 is 2.38 bits per heavy atom. The minimum Gasteiger partial charge on any atom is -0.397 e. The quantitative estimate of drug-likeness (QED) is 0.588. The first kappa shape index (κ1) is 13.9. The van der Waals surface area contributed by atoms with E-state index < -0.39 is 12.2 Å². The number of alkyl halides is 1. The van der Waals surface area contributed by atoms with Gasteiger partial charge >= 0.3 is 0 Å². The van der Waals surface area contributed by atoms with Crippen LogP contribution in [0.25, 0.3) is 0 Å². The summed E-state index contributed by atoms with van der Waals surface area (Å²) >= 11 is 17.2. The molecule has 0 saturated heterocycles. The van der Waals surface area contributed by atoms with E-state index in [1.54, 1.807) is 0 Å². The van der Waals surface area contributed by atoms with Crippen molar-refractivity contribution in [3.8, 4) is 0 Å². The zero-order valence-corrected chi connectivity index (χ0v) is 10.6. The van der Waals surface area contributed by atoms with Gasteiger partial charge in [-0.25, -0.2) is 0 Å². The summed E-state index contributed by atoms with van der Waals surface area (Å²) in [6, 6.07) is 2.89. The van der Waals surface area contributed by atoms with Crippen LogP contribution in [0, 0.1) is 0 Å². The fraction of sp³-hybridized carbons (Fsp3) is 0.400. The molecule has 0 aliphatic heterocycles. The summed E-state index contributed by atoms with van der Waals surface area (Å²) < 4.78 is 0. The molecule has 0 aliphatic rings. The van der Waals surface area contributed by atoms with Gasteiger partial charge in [0, 0.05) is 16.5 Å². The van der Waals surface area contributed by atoms with Gasteiger partial charge in [0.2, 0.25) is 0 Å². The van der Waals surface area contributed by atoms with Crippen molar-refractivity contribution in [2.24, 2.45) is 0 Å². The van der Waals surface area contributed by atoms with Crippen molar-refractivity contribution in [1.82, 2.24) is 0 Å². The van der Waals surface area contributed by atoms with E-state index in [9.17, 15) is 10.2 Å². The molecule has 1 aromatic carbocycles. The second-order valence-corrected chi connectivity index (χ2v) is 4.58. The highest BCUT2D eigenvalue weighted by Crippen LogP contribution is 2.32. The molecule has 0 aromatic heterocycles. The molecule has 0 saturated carbocycles. The number of rotatable bonds is 4. The topological polar surface area (TPSA) is 66.5 Å². The number of hydrogen-bond acceptors (Lipinski definition) is 3. The van der Waals surface area contributed by atoms with Crippen LogP contribution in [0.4, 0.5) is 5.69 Å². The van der Waals surface area contributed by atoms with Gasteiger partial charge in [-0.1, -0.05) is 23.2 Å². The Bertz CT molecular complexity index is 373. The zero-order chi connectivity index (χ0) is 12.3. The average molecular weight is 285 g/mol. The third kappa shape index (κ3) is 3.15. The van der Waals surface area contributed by atoms with Crippen molar-refractivity contribution in [2.75, 3.05) is 11.6 Å². The first-order valence-electron chi connectivity index (χ1n) is 4.64. The largest absolute Gasteiger partial charge is 0.397 e. The molecule has 1 aromatic rings. The second kappa shape index (κ2) is 5.94. The number of nitrogen functional groups attached to an aromatic ring is 1. The maximum Gasteiger partial charge on any atom is 0.106 e. The summed E-state index contributed by atoms with van der Waals surface area (Å²) in [6.07, 6.45) is -1.83. The fourth-order valence-corrected chi connectivity index (χ4v) is 1.96. The summed E-state index contributed by atoms with van der Waals surface area (Å²) in [6.45, 7) is 0. The minimum atomic E-state index is -1.12. The van der Waals surface area contributed by atoms with E-state index in [1.807, 2.05) is 0 Å². The predicted molar refractivity (Wildman–Crippen MR) is 67.2 cm³/mol. The van der Waals surface area contributed by atoms with E-state index in [0.29, 0.717) is 11.3 Å². The lowest BCUT2D eigenvalue weighted by Crippen LogP contribution is -2.19. The Labute approximate surface area is 109 Å². The number of benzene rings is 1. The third-order valence-corrected chi connectivity index (χ3v) is 3.08. The molecule has 0 fully saturated rings. The van der Waals surface area contributed by atoms with Crippen molar-refractivity contribution < 1.29 is 10.2 Å². The highest BCUT2D eigenvalue weighted by atomic mass is 35.5. The summed E-state index contributed by atoms with van der Waals surface area (Å²) in [5.41, 5.74) is 6.22. The number of halogens is 3. The van der Waals surface area contributed by atoms with Crippen LogP contribution in [0.3, 0.4) is 0 Å². The number of nitrogens with two attached hydrogens (primary N) is 1. The van der Waals surface area contributed by atoms with Gasteiger partial charge in [0.15, 0.2) is 0 Å². The number of hydrogen-bond donors (Lipinski definition) is 3. The van der Waals surface area contributed by atoms with Gasteiger partial charge in [0.05, 0.1) is 16.8 Å². The Morgan fingerprint density at radius 2 is 1.81 bits per heavy atom. The number of aliphatic hydroxyl groups excluding tert-OH is 2. The molecule has 6 heteroatoms. The molecular weight excluding hydrogens is 272 g/mol. The lowest BCUT2D eigenvalue weighted by Gasteiger charge is -2.19. The SMILES string of the molecule is Nc1cc(Cl)c(C(O)C(O)CCCl)cc1Cl. The van der Waals surface area contributed by atoms with Crippen molar-refractivity contribution in [3.05, 3.63) is 27.7 Å². The highest BCUT2D eigenvalue weighted by Gasteiger charge is 2.21. The molecule has 0 spiro atoms. The Kier molecular flexibility index (Phi) is 5.15. The summed E-state index contributed by atoms with van der Waals surface area (Å²) in [5, 5.41) is 20.0. The number of aliphatic hydroxyl groups is 2. The molecule has 0 aliphatic carbocycles. The van der Waals surface area contributed by atoms with Gasteiger partial charge < -0.3 is 15.9 Å². The monoisotopic (exact) mass is 283 g/mol. The maximum absolute atomic E-state index is 9.82. The maximum atomic E-state index is 9.82. The molecular formula is C10H12Cl3NO2. The molecule has 1 rings (SSSR count). The molecule has 3 nitrogen and oxygen atoms in total. The van der Waals surface area contributed by atoms with Crippen LogP contribution in [0.2, 0.25) is 10.0 Å². The van der Waals surface area contributed by atoms with Gasteiger partial charge in [-0.3, -0.25) is 0 Å². The lowest BCUT2D eigenvalue weighted by atomic mass is 10.0. The van der Waals surface area contributed by atoms with Crippen LogP contribution in [0.15, 0.2) is 12.1 Å². The molecule has 16 heavy (non-hydrogen) atoms. The van der Waals surface area contributed by atoms with E-state index in [1.165, 1.54) is 12.1 Å². The van der Waals surface area contributed by atoms with Crippen molar-refractivity contribution in [3.63, 3.8) is 0 Å². The van der Waals surface area contributed by atoms with E-state index in [4.69, 9.17) is 40.5 Å². The lowest BCUT2D eigenvalue weighted by molar-refractivity contribution is 0.0171. The van der Waals surface area contributed by atoms with Crippen LogP contribution in [0.1, 0.15) is 18.1 Å². The van der Waals surface area contributed by atoms with Crippen molar-refractivity contribution in [2.45, 2.75) is 18.6 Å². The zero-order valence-electron chi connectivity index (χ0n) is 8.33. The van der Waals surface area contributed by atoms with E-state index in [0.717, 1.165) is 0 Å². The van der Waals surface area contributed by atoms with Gasteiger partial charge in [-0.15, -0.1) is 11.6 Å². The first-order chi connectivity index (χ1) is 7.47. The van der Waals surface area contributed by atoms with Crippen molar-refractivity contribution in [1.29, 1.82) is 0 Å². The molecule has 0 amide bonds. The van der Waals surface area contributed by atoms with Gasteiger partial charge in [0.25, 0.3) is 0 Å². The van der Waals surface area contributed by atoms with E-state index >= 15 is 0 Å². The Hall–Kier alpha value is -0.190. The second-order valence-electron chi connectivity index (χ2n) is 3.39. The van der Waals surface area contributed by atoms with E-state index in [2.05, 4.69) is 0 Å². The van der Waals surface area contributed by atoms with Crippen LogP contribution in [-0.4, -0.2) is 22.2 Å². The van der Waals surface area contributed by atoms with Gasteiger partial charge in [-0.2, -0.15) is 0 Å². The van der Waals surface area contributed by atoms with E-state index in [-0.39, 0.29) is 22.3 Å². The van der Waals surface area contributed by atoms with Crippen LogP contribution < -0.4 is 5.73 Å². The first-order valence-corrected chi connectivity index (χ1v) is 5.93. The average Bonchev–Trinajstić information content (AvgIpc) is 2.23. The molecule has 4 N–H and O–H groups in total. The summed E-state index contributed by atoms with van der Waals surface area (Å²) in [7, 11) is 0. The van der Waals surface area contributed by atoms with Gasteiger partial charge in [-0.05, 0) is 18.6 Å². The molecule has 2 unspecified atom stereocenters.